The van der Waals surface area contributed by atoms with Crippen LogP contribution >= 0.6 is 0 Å². The van der Waals surface area contributed by atoms with Gasteiger partial charge >= 0.3 is 0 Å². The molecule has 0 saturated carbocycles. The van der Waals surface area contributed by atoms with E-state index < -0.39 is 0 Å². The summed E-state index contributed by atoms with van der Waals surface area (Å²) in [6.07, 6.45) is 1.16. The van der Waals surface area contributed by atoms with Crippen LogP contribution in [-0.2, 0) is 13.1 Å². The van der Waals surface area contributed by atoms with Gasteiger partial charge in [0.25, 0.3) is 0 Å². The van der Waals surface area contributed by atoms with Crippen LogP contribution in [-0.4, -0.2) is 27.3 Å². The van der Waals surface area contributed by atoms with Gasteiger partial charge in [-0.3, -0.25) is 9.58 Å². The molecule has 0 spiro atoms. The zero-order valence-electron chi connectivity index (χ0n) is 9.82. The van der Waals surface area contributed by atoms with Crippen LogP contribution in [0.5, 0.6) is 0 Å². The average Bonchev–Trinajstić information content (AvgIpc) is 2.41. The summed E-state index contributed by atoms with van der Waals surface area (Å²) in [5.74, 6) is 0.690. The minimum Gasteiger partial charge on any atom is -0.382 e. The molecule has 1 aliphatic heterocycles. The fourth-order valence-corrected chi connectivity index (χ4v) is 2.13. The van der Waals surface area contributed by atoms with Crippen LogP contribution in [0.4, 0.5) is 5.82 Å². The first-order valence-corrected chi connectivity index (χ1v) is 5.65. The minimum atomic E-state index is 0.590. The molecule has 2 rings (SSSR count). The Morgan fingerprint density at radius 2 is 2.07 bits per heavy atom. The predicted octanol–water partition coefficient (Wildman–Crippen LogP) is 1.39. The van der Waals surface area contributed by atoms with E-state index in [1.54, 1.807) is 0 Å². The second-order valence-corrected chi connectivity index (χ2v) is 4.60. The largest absolute Gasteiger partial charge is 0.382 e. The Morgan fingerprint density at radius 1 is 1.33 bits per heavy atom. The number of hydrogen-bond donors (Lipinski definition) is 1. The molecule has 4 nitrogen and oxygen atoms in total. The van der Waals surface area contributed by atoms with Crippen LogP contribution in [0.25, 0.3) is 0 Å². The third-order valence-corrected chi connectivity index (χ3v) is 3.26. The number of hydrogen-bond acceptors (Lipinski definition) is 3. The molecule has 1 aromatic heterocycles. The number of anilines is 1. The molecule has 0 radical (unpaired) electrons. The summed E-state index contributed by atoms with van der Waals surface area (Å²) in [6.45, 7) is 9.68. The molecule has 0 bridgehead atoms. The van der Waals surface area contributed by atoms with Gasteiger partial charge in [-0.25, -0.2) is 0 Å². The third-order valence-electron chi connectivity index (χ3n) is 3.26. The SMILES string of the molecule is Cc1c(N)nn2c1CN(C(C)C)CCC2. The van der Waals surface area contributed by atoms with Crippen molar-refractivity contribution in [3.63, 3.8) is 0 Å². The second kappa shape index (κ2) is 3.85. The lowest BCUT2D eigenvalue weighted by Crippen LogP contribution is -2.30. The predicted molar refractivity (Wildman–Crippen MR) is 61.5 cm³/mol. The van der Waals surface area contributed by atoms with Gasteiger partial charge in [0.1, 0.15) is 5.82 Å². The zero-order chi connectivity index (χ0) is 11.0. The Hall–Kier alpha value is -1.03. The minimum absolute atomic E-state index is 0.590. The Balaban J connectivity index is 2.31. The molecule has 0 atom stereocenters. The van der Waals surface area contributed by atoms with Crippen LogP contribution in [0.15, 0.2) is 0 Å². The number of fused-ring (bicyclic) bond motifs is 1. The lowest BCUT2D eigenvalue weighted by molar-refractivity contribution is 0.216. The lowest BCUT2D eigenvalue weighted by Gasteiger charge is -2.24. The van der Waals surface area contributed by atoms with Crippen molar-refractivity contribution in [2.75, 3.05) is 12.3 Å². The van der Waals surface area contributed by atoms with E-state index in [1.807, 2.05) is 0 Å². The van der Waals surface area contributed by atoms with E-state index in [9.17, 15) is 0 Å². The van der Waals surface area contributed by atoms with Crippen LogP contribution in [0.3, 0.4) is 0 Å². The maximum atomic E-state index is 5.84. The smallest absolute Gasteiger partial charge is 0.148 e. The summed E-state index contributed by atoms with van der Waals surface area (Å²) in [7, 11) is 0. The monoisotopic (exact) mass is 208 g/mol. The number of nitrogens with two attached hydrogens (primary N) is 1. The van der Waals surface area contributed by atoms with Crippen molar-refractivity contribution in [2.45, 2.75) is 46.3 Å². The fraction of sp³-hybridized carbons (Fsp3) is 0.727. The molecule has 15 heavy (non-hydrogen) atoms. The lowest BCUT2D eigenvalue weighted by atomic mass is 10.2. The molecule has 1 aliphatic rings. The molecule has 84 valence electrons. The molecule has 0 saturated heterocycles. The van der Waals surface area contributed by atoms with Crippen molar-refractivity contribution in [2.24, 2.45) is 0 Å². The number of nitrogen functional groups attached to an aromatic ring is 1. The Labute approximate surface area is 91.1 Å². The van der Waals surface area contributed by atoms with Crippen molar-refractivity contribution in [1.82, 2.24) is 14.7 Å². The van der Waals surface area contributed by atoms with Crippen LogP contribution in [0.2, 0.25) is 0 Å². The summed E-state index contributed by atoms with van der Waals surface area (Å²) in [5.41, 5.74) is 8.29. The van der Waals surface area contributed by atoms with Gasteiger partial charge in [0, 0.05) is 31.2 Å². The Morgan fingerprint density at radius 3 is 2.73 bits per heavy atom. The average molecular weight is 208 g/mol. The van der Waals surface area contributed by atoms with Crippen molar-refractivity contribution < 1.29 is 0 Å². The van der Waals surface area contributed by atoms with Crippen LogP contribution in [0.1, 0.15) is 31.5 Å². The molecule has 0 aromatic carbocycles. The molecule has 0 aliphatic carbocycles. The summed E-state index contributed by atoms with van der Waals surface area (Å²) in [5, 5.41) is 4.37. The van der Waals surface area contributed by atoms with Gasteiger partial charge in [0.2, 0.25) is 0 Å². The van der Waals surface area contributed by atoms with Gasteiger partial charge in [-0.1, -0.05) is 0 Å². The Bertz CT molecular complexity index is 354. The van der Waals surface area contributed by atoms with Crippen LogP contribution in [0, 0.1) is 6.92 Å². The molecule has 0 unspecified atom stereocenters. The molecule has 2 heterocycles. The summed E-state index contributed by atoms with van der Waals surface area (Å²) in [4.78, 5) is 2.48. The summed E-state index contributed by atoms with van der Waals surface area (Å²) < 4.78 is 2.08. The molecule has 0 amide bonds. The highest BCUT2D eigenvalue weighted by molar-refractivity contribution is 5.41. The van der Waals surface area contributed by atoms with E-state index in [-0.39, 0.29) is 0 Å². The van der Waals surface area contributed by atoms with Gasteiger partial charge in [-0.2, -0.15) is 5.10 Å². The van der Waals surface area contributed by atoms with Crippen molar-refractivity contribution in [1.29, 1.82) is 0 Å². The van der Waals surface area contributed by atoms with Gasteiger partial charge in [-0.15, -0.1) is 0 Å². The van der Waals surface area contributed by atoms with E-state index in [0.717, 1.165) is 31.6 Å². The maximum Gasteiger partial charge on any atom is 0.148 e. The third kappa shape index (κ3) is 1.86. The highest BCUT2D eigenvalue weighted by Gasteiger charge is 2.20. The summed E-state index contributed by atoms with van der Waals surface area (Å²) >= 11 is 0. The first-order valence-electron chi connectivity index (χ1n) is 5.65. The van der Waals surface area contributed by atoms with Gasteiger partial charge in [-0.05, 0) is 27.2 Å². The summed E-state index contributed by atoms with van der Waals surface area (Å²) in [6, 6.07) is 0.590. The standard InChI is InChI=1S/C11H20N4/c1-8(2)14-5-4-6-15-10(7-14)9(3)11(12)13-15/h8H,4-7H2,1-3H3,(H2,12,13). The van der Waals surface area contributed by atoms with Gasteiger partial charge < -0.3 is 5.73 Å². The van der Waals surface area contributed by atoms with E-state index in [2.05, 4.69) is 35.5 Å². The van der Waals surface area contributed by atoms with Crippen molar-refractivity contribution >= 4 is 5.82 Å². The first-order chi connectivity index (χ1) is 7.09. The molecule has 0 fully saturated rings. The number of aryl methyl sites for hydroxylation is 1. The molecule has 4 heteroatoms. The molecule has 1 aromatic rings. The number of nitrogens with zero attached hydrogens (tertiary/aromatic N) is 3. The highest BCUT2D eigenvalue weighted by Crippen LogP contribution is 2.21. The van der Waals surface area contributed by atoms with Gasteiger partial charge in [0.15, 0.2) is 0 Å². The molecular formula is C11H20N4. The number of rotatable bonds is 1. The second-order valence-electron chi connectivity index (χ2n) is 4.60. The Kier molecular flexibility index (Phi) is 2.69. The first kappa shape index (κ1) is 10.5. The van der Waals surface area contributed by atoms with E-state index in [0.29, 0.717) is 11.9 Å². The van der Waals surface area contributed by atoms with Crippen molar-refractivity contribution in [3.8, 4) is 0 Å². The van der Waals surface area contributed by atoms with Crippen LogP contribution < -0.4 is 5.73 Å². The topological polar surface area (TPSA) is 47.1 Å². The molecule has 2 N–H and O–H groups in total. The van der Waals surface area contributed by atoms with Crippen molar-refractivity contribution in [3.05, 3.63) is 11.3 Å². The highest BCUT2D eigenvalue weighted by atomic mass is 15.3. The zero-order valence-corrected chi connectivity index (χ0v) is 9.82. The molecular weight excluding hydrogens is 188 g/mol. The van der Waals surface area contributed by atoms with Gasteiger partial charge in [0.05, 0.1) is 5.69 Å². The van der Waals surface area contributed by atoms with E-state index in [1.165, 1.54) is 5.69 Å². The maximum absolute atomic E-state index is 5.84. The number of aromatic nitrogens is 2. The fourth-order valence-electron chi connectivity index (χ4n) is 2.13. The normalized spacial score (nSPS) is 17.9. The quantitative estimate of drug-likeness (QED) is 0.758. The van der Waals surface area contributed by atoms with E-state index >= 15 is 0 Å². The van der Waals surface area contributed by atoms with E-state index in [4.69, 9.17) is 5.73 Å².